The van der Waals surface area contributed by atoms with Gasteiger partial charge >= 0.3 is 0 Å². The van der Waals surface area contributed by atoms with Gasteiger partial charge in [-0.25, -0.2) is 0 Å². The molecule has 0 bridgehead atoms. The van der Waals surface area contributed by atoms with E-state index < -0.39 is 0 Å². The minimum Gasteiger partial charge on any atom is -0.370 e. The van der Waals surface area contributed by atoms with Gasteiger partial charge in [0.05, 0.1) is 0 Å². The second-order valence-corrected chi connectivity index (χ2v) is 6.19. The summed E-state index contributed by atoms with van der Waals surface area (Å²) >= 11 is 0. The van der Waals surface area contributed by atoms with Crippen molar-refractivity contribution in [1.82, 2.24) is 10.1 Å². The highest BCUT2D eigenvalue weighted by Gasteiger charge is 2.40. The Hall–Kier alpha value is -0.940. The summed E-state index contributed by atoms with van der Waals surface area (Å²) < 4.78 is 11.1. The van der Waals surface area contributed by atoms with Crippen LogP contribution in [0.3, 0.4) is 0 Å². The minimum atomic E-state index is -0.304. The largest absolute Gasteiger partial charge is 0.370 e. The number of ether oxygens (including phenoxy) is 1. The van der Waals surface area contributed by atoms with Crippen LogP contribution in [-0.2, 0) is 16.8 Å². The molecule has 1 unspecified atom stereocenters. The number of methoxy groups -OCH3 is 1. The number of rotatable bonds is 9. The van der Waals surface area contributed by atoms with E-state index in [9.17, 15) is 0 Å². The van der Waals surface area contributed by atoms with Gasteiger partial charge < -0.3 is 15.0 Å². The summed E-state index contributed by atoms with van der Waals surface area (Å²) in [7, 11) is 1.75. The highest BCUT2D eigenvalue weighted by atomic mass is 16.5. The van der Waals surface area contributed by atoms with Crippen LogP contribution in [0.5, 0.6) is 0 Å². The van der Waals surface area contributed by atoms with E-state index in [-0.39, 0.29) is 5.60 Å². The molecule has 1 atom stereocenters. The van der Waals surface area contributed by atoms with E-state index in [1.54, 1.807) is 7.11 Å². The van der Waals surface area contributed by atoms with Crippen LogP contribution in [0.4, 0.5) is 0 Å². The van der Waals surface area contributed by atoms with Crippen molar-refractivity contribution in [1.29, 1.82) is 0 Å². The Morgan fingerprint density at radius 2 is 2.05 bits per heavy atom. The van der Waals surface area contributed by atoms with Crippen LogP contribution >= 0.6 is 0 Å². The lowest BCUT2D eigenvalue weighted by Crippen LogP contribution is -2.26. The summed E-state index contributed by atoms with van der Waals surface area (Å²) in [6.45, 7) is 2.98. The quantitative estimate of drug-likeness (QED) is 0.757. The first-order chi connectivity index (χ1) is 10.2. The van der Waals surface area contributed by atoms with Gasteiger partial charge in [0.1, 0.15) is 5.60 Å². The summed E-state index contributed by atoms with van der Waals surface area (Å²) in [5, 5.41) is 4.18. The third kappa shape index (κ3) is 4.04. The van der Waals surface area contributed by atoms with Gasteiger partial charge in [0.2, 0.25) is 11.7 Å². The fraction of sp³-hybridized carbons (Fsp3) is 0.875. The highest BCUT2D eigenvalue weighted by molar-refractivity contribution is 5.04. The monoisotopic (exact) mass is 295 g/mol. The van der Waals surface area contributed by atoms with Gasteiger partial charge in [-0.3, -0.25) is 0 Å². The minimum absolute atomic E-state index is 0.304. The summed E-state index contributed by atoms with van der Waals surface area (Å²) in [4.78, 5) is 4.59. The summed E-state index contributed by atoms with van der Waals surface area (Å²) in [6.07, 6.45) is 9.76. The van der Waals surface area contributed by atoms with E-state index in [4.69, 9.17) is 15.0 Å². The summed E-state index contributed by atoms with van der Waals surface area (Å²) in [6, 6.07) is 0. The van der Waals surface area contributed by atoms with Crippen molar-refractivity contribution in [3.8, 4) is 0 Å². The first-order valence-electron chi connectivity index (χ1n) is 8.32. The van der Waals surface area contributed by atoms with Crippen molar-refractivity contribution in [3.63, 3.8) is 0 Å². The van der Waals surface area contributed by atoms with Crippen molar-refractivity contribution in [3.05, 3.63) is 11.7 Å². The van der Waals surface area contributed by atoms with Crippen molar-refractivity contribution in [2.24, 2.45) is 11.7 Å². The van der Waals surface area contributed by atoms with Gasteiger partial charge in [-0.2, -0.15) is 4.98 Å². The molecule has 0 amide bonds. The Labute approximate surface area is 127 Å². The van der Waals surface area contributed by atoms with Crippen molar-refractivity contribution in [2.45, 2.75) is 70.3 Å². The average molecular weight is 295 g/mol. The third-order valence-electron chi connectivity index (χ3n) is 4.72. The lowest BCUT2D eigenvalue weighted by atomic mass is 9.94. The molecule has 120 valence electrons. The number of nitrogens with zero attached hydrogens (tertiary/aromatic N) is 2. The zero-order chi connectivity index (χ0) is 15.1. The van der Waals surface area contributed by atoms with Crippen LogP contribution in [-0.4, -0.2) is 23.8 Å². The topological polar surface area (TPSA) is 74.2 Å². The average Bonchev–Trinajstić information content (AvgIpc) is 3.15. The van der Waals surface area contributed by atoms with Crippen LogP contribution < -0.4 is 5.73 Å². The lowest BCUT2D eigenvalue weighted by molar-refractivity contribution is -0.0178. The molecule has 5 nitrogen and oxygen atoms in total. The maximum absolute atomic E-state index is 5.70. The molecule has 1 aliphatic rings. The van der Waals surface area contributed by atoms with Crippen molar-refractivity contribution < 1.29 is 9.26 Å². The molecule has 0 aromatic carbocycles. The van der Waals surface area contributed by atoms with Crippen LogP contribution in [0.2, 0.25) is 0 Å². The Morgan fingerprint density at radius 3 is 2.67 bits per heavy atom. The van der Waals surface area contributed by atoms with Crippen LogP contribution in [0, 0.1) is 5.92 Å². The summed E-state index contributed by atoms with van der Waals surface area (Å²) in [5.41, 5.74) is 5.38. The van der Waals surface area contributed by atoms with E-state index in [2.05, 4.69) is 17.1 Å². The first kappa shape index (κ1) is 16.4. The van der Waals surface area contributed by atoms with Crippen molar-refractivity contribution in [2.75, 3.05) is 13.7 Å². The molecule has 5 heteroatoms. The summed E-state index contributed by atoms with van der Waals surface area (Å²) in [5.74, 6) is 2.15. The fourth-order valence-electron chi connectivity index (χ4n) is 3.41. The van der Waals surface area contributed by atoms with Gasteiger partial charge in [-0.05, 0) is 51.0 Å². The van der Waals surface area contributed by atoms with E-state index >= 15 is 0 Å². The SMILES string of the molecule is CCCC(CCN)CCc1nc(C2(OC)CCCC2)no1. The maximum atomic E-state index is 5.70. The van der Waals surface area contributed by atoms with Gasteiger partial charge in [-0.1, -0.05) is 24.9 Å². The smallest absolute Gasteiger partial charge is 0.226 e. The van der Waals surface area contributed by atoms with Crippen molar-refractivity contribution >= 4 is 0 Å². The molecule has 1 heterocycles. The molecule has 0 spiro atoms. The number of hydrogen-bond donors (Lipinski definition) is 1. The first-order valence-corrected chi connectivity index (χ1v) is 8.32. The Bertz CT molecular complexity index is 407. The molecule has 2 rings (SSSR count). The van der Waals surface area contributed by atoms with Gasteiger partial charge in [-0.15, -0.1) is 0 Å². The standard InChI is InChI=1S/C16H29N3O2/c1-3-6-13(9-12-17)7-8-14-18-15(19-21-14)16(20-2)10-4-5-11-16/h13H,3-12,17H2,1-2H3. The molecule has 1 fully saturated rings. The zero-order valence-corrected chi connectivity index (χ0v) is 13.4. The Kier molecular flexibility index (Phi) is 6.18. The normalized spacial score (nSPS) is 19.0. The molecular formula is C16H29N3O2. The Morgan fingerprint density at radius 1 is 1.29 bits per heavy atom. The van der Waals surface area contributed by atoms with E-state index in [1.165, 1.54) is 25.7 Å². The molecule has 0 aliphatic heterocycles. The van der Waals surface area contributed by atoms with E-state index in [1.807, 2.05) is 0 Å². The molecule has 2 N–H and O–H groups in total. The molecule has 1 aromatic rings. The predicted octanol–water partition coefficient (Wildman–Crippen LogP) is 3.18. The number of nitrogens with two attached hydrogens (primary N) is 1. The highest BCUT2D eigenvalue weighted by Crippen LogP contribution is 2.40. The number of aromatic nitrogens is 2. The molecule has 1 aliphatic carbocycles. The maximum Gasteiger partial charge on any atom is 0.226 e. The van der Waals surface area contributed by atoms with E-state index in [0.29, 0.717) is 5.92 Å². The second-order valence-electron chi connectivity index (χ2n) is 6.19. The molecule has 21 heavy (non-hydrogen) atoms. The van der Waals surface area contributed by atoms with E-state index in [0.717, 1.165) is 50.4 Å². The molecule has 1 saturated carbocycles. The molecular weight excluding hydrogens is 266 g/mol. The number of hydrogen-bond acceptors (Lipinski definition) is 5. The zero-order valence-electron chi connectivity index (χ0n) is 13.4. The van der Waals surface area contributed by atoms with Gasteiger partial charge in [0.25, 0.3) is 0 Å². The molecule has 0 saturated heterocycles. The van der Waals surface area contributed by atoms with Crippen LogP contribution in [0.25, 0.3) is 0 Å². The molecule has 1 aromatic heterocycles. The van der Waals surface area contributed by atoms with Gasteiger partial charge in [0.15, 0.2) is 0 Å². The molecule has 0 radical (unpaired) electrons. The van der Waals surface area contributed by atoms with Crippen LogP contribution in [0.15, 0.2) is 4.52 Å². The fourth-order valence-corrected chi connectivity index (χ4v) is 3.41. The Balaban J connectivity index is 1.93. The third-order valence-corrected chi connectivity index (χ3v) is 4.72. The number of aryl methyl sites for hydroxylation is 1. The lowest BCUT2D eigenvalue weighted by Gasteiger charge is -2.22. The van der Waals surface area contributed by atoms with Crippen LogP contribution in [0.1, 0.15) is 70.0 Å². The second kappa shape index (κ2) is 7.90. The predicted molar refractivity (Wildman–Crippen MR) is 81.8 cm³/mol. The van der Waals surface area contributed by atoms with Gasteiger partial charge in [0, 0.05) is 13.5 Å².